The summed E-state index contributed by atoms with van der Waals surface area (Å²) in [5.41, 5.74) is 6.68. The lowest BCUT2D eigenvalue weighted by Gasteiger charge is -2.34. The van der Waals surface area contributed by atoms with Crippen LogP contribution in [-0.2, 0) is 25.7 Å². The van der Waals surface area contributed by atoms with Crippen molar-refractivity contribution in [1.82, 2.24) is 15.5 Å². The fraction of sp³-hybridized carbons (Fsp3) is 0.429. The van der Waals surface area contributed by atoms with E-state index < -0.39 is 48.1 Å². The summed E-state index contributed by atoms with van der Waals surface area (Å²) in [4.78, 5) is 52.7. The van der Waals surface area contributed by atoms with Crippen LogP contribution in [0.15, 0.2) is 54.6 Å². The van der Waals surface area contributed by atoms with Gasteiger partial charge in [0.25, 0.3) is 0 Å². The zero-order chi connectivity index (χ0) is 28.3. The average molecular weight is 527 g/mol. The molecule has 0 bridgehead atoms. The van der Waals surface area contributed by atoms with Gasteiger partial charge >= 0.3 is 6.09 Å². The summed E-state index contributed by atoms with van der Waals surface area (Å²) in [6.07, 6.45) is -1.15. The first-order valence-corrected chi connectivity index (χ1v) is 12.5. The van der Waals surface area contributed by atoms with Crippen molar-refractivity contribution in [2.45, 2.75) is 64.8 Å². The molecule has 206 valence electrons. The molecule has 0 radical (unpaired) electrons. The SMILES string of the molecule is Cc1ccccc1C(C(=O)NCc1ccccc1)N(CCO)C(=O)C(CCC(N)=O)NC(=O)OC(C)(C)C. The van der Waals surface area contributed by atoms with E-state index in [1.165, 1.54) is 4.90 Å². The number of nitrogens with one attached hydrogen (secondary N) is 2. The molecule has 38 heavy (non-hydrogen) atoms. The van der Waals surface area contributed by atoms with Crippen LogP contribution in [0.1, 0.15) is 56.3 Å². The molecule has 0 fully saturated rings. The Hall–Kier alpha value is -3.92. The minimum Gasteiger partial charge on any atom is -0.444 e. The van der Waals surface area contributed by atoms with Crippen LogP contribution in [0.3, 0.4) is 0 Å². The zero-order valence-corrected chi connectivity index (χ0v) is 22.4. The van der Waals surface area contributed by atoms with Gasteiger partial charge < -0.3 is 31.1 Å². The Balaban J connectivity index is 2.44. The first-order chi connectivity index (χ1) is 17.9. The van der Waals surface area contributed by atoms with E-state index in [9.17, 15) is 24.3 Å². The summed E-state index contributed by atoms with van der Waals surface area (Å²) in [5.74, 6) is -1.77. The molecule has 0 aliphatic rings. The van der Waals surface area contributed by atoms with Crippen molar-refractivity contribution in [2.24, 2.45) is 5.73 Å². The van der Waals surface area contributed by atoms with E-state index in [1.807, 2.05) is 49.4 Å². The molecule has 0 aliphatic carbocycles. The van der Waals surface area contributed by atoms with Crippen LogP contribution in [0.4, 0.5) is 4.79 Å². The monoisotopic (exact) mass is 526 g/mol. The van der Waals surface area contributed by atoms with Gasteiger partial charge in [-0.05, 0) is 50.8 Å². The Morgan fingerprint density at radius 1 is 1.03 bits per heavy atom. The van der Waals surface area contributed by atoms with Crippen molar-refractivity contribution in [3.05, 3.63) is 71.3 Å². The first-order valence-electron chi connectivity index (χ1n) is 12.5. The number of carbonyl (C=O) groups is 4. The molecule has 5 N–H and O–H groups in total. The van der Waals surface area contributed by atoms with Gasteiger partial charge in [0.05, 0.1) is 6.61 Å². The Bertz CT molecular complexity index is 1100. The number of amides is 4. The van der Waals surface area contributed by atoms with Crippen LogP contribution in [-0.4, -0.2) is 58.6 Å². The summed E-state index contributed by atoms with van der Waals surface area (Å²) in [7, 11) is 0. The fourth-order valence-electron chi connectivity index (χ4n) is 3.89. The van der Waals surface area contributed by atoms with Crippen molar-refractivity contribution in [3.63, 3.8) is 0 Å². The molecular weight excluding hydrogens is 488 g/mol. The Labute approximate surface area is 223 Å². The number of nitrogens with two attached hydrogens (primary N) is 1. The van der Waals surface area contributed by atoms with E-state index in [2.05, 4.69) is 10.6 Å². The summed E-state index contributed by atoms with van der Waals surface area (Å²) in [5, 5.41) is 15.3. The number of hydrogen-bond acceptors (Lipinski definition) is 6. The molecule has 2 aromatic rings. The second-order valence-corrected chi connectivity index (χ2v) is 9.92. The van der Waals surface area contributed by atoms with Crippen molar-refractivity contribution < 1.29 is 29.0 Å². The molecular formula is C28H38N4O6. The maximum absolute atomic E-state index is 13.9. The normalized spacial score (nSPS) is 12.7. The molecule has 2 rings (SSSR count). The third-order valence-corrected chi connectivity index (χ3v) is 5.65. The summed E-state index contributed by atoms with van der Waals surface area (Å²) >= 11 is 0. The van der Waals surface area contributed by atoms with Gasteiger partial charge in [0, 0.05) is 19.5 Å². The summed E-state index contributed by atoms with van der Waals surface area (Å²) in [6.45, 7) is 6.44. The molecule has 2 unspecified atom stereocenters. The fourth-order valence-corrected chi connectivity index (χ4v) is 3.89. The van der Waals surface area contributed by atoms with Gasteiger partial charge in [-0.3, -0.25) is 14.4 Å². The molecule has 0 aliphatic heterocycles. The molecule has 0 spiro atoms. The van der Waals surface area contributed by atoms with Crippen molar-refractivity contribution in [2.75, 3.05) is 13.2 Å². The third kappa shape index (κ3) is 9.51. The number of carbonyl (C=O) groups excluding carboxylic acids is 4. The van der Waals surface area contributed by atoms with Crippen LogP contribution in [0.5, 0.6) is 0 Å². The van der Waals surface area contributed by atoms with E-state index in [4.69, 9.17) is 10.5 Å². The second kappa shape index (κ2) is 14.1. The second-order valence-electron chi connectivity index (χ2n) is 9.92. The quantitative estimate of drug-likeness (QED) is 0.333. The molecule has 10 heteroatoms. The van der Waals surface area contributed by atoms with Gasteiger partial charge in [0.15, 0.2) is 0 Å². The van der Waals surface area contributed by atoms with E-state index in [1.54, 1.807) is 32.9 Å². The molecule has 0 aromatic heterocycles. The maximum Gasteiger partial charge on any atom is 0.408 e. The molecule has 0 saturated heterocycles. The summed E-state index contributed by atoms with van der Waals surface area (Å²) < 4.78 is 5.30. The van der Waals surface area contributed by atoms with Crippen molar-refractivity contribution >= 4 is 23.8 Å². The van der Waals surface area contributed by atoms with Crippen LogP contribution in [0.2, 0.25) is 0 Å². The number of primary amides is 1. The minimum atomic E-state index is -1.22. The number of aliphatic hydroxyl groups excluding tert-OH is 1. The molecule has 2 aromatic carbocycles. The van der Waals surface area contributed by atoms with Crippen molar-refractivity contribution in [1.29, 1.82) is 0 Å². The van der Waals surface area contributed by atoms with E-state index >= 15 is 0 Å². The Kier molecular flexibility index (Phi) is 11.3. The Morgan fingerprint density at radius 2 is 1.66 bits per heavy atom. The van der Waals surface area contributed by atoms with E-state index in [-0.39, 0.29) is 25.9 Å². The van der Waals surface area contributed by atoms with E-state index in [0.29, 0.717) is 5.56 Å². The highest BCUT2D eigenvalue weighted by Crippen LogP contribution is 2.26. The highest BCUT2D eigenvalue weighted by Gasteiger charge is 2.36. The number of benzene rings is 2. The lowest BCUT2D eigenvalue weighted by atomic mass is 9.97. The number of aliphatic hydroxyl groups is 1. The van der Waals surface area contributed by atoms with Gasteiger partial charge in [-0.25, -0.2) is 4.79 Å². The van der Waals surface area contributed by atoms with Gasteiger partial charge in [-0.15, -0.1) is 0 Å². The van der Waals surface area contributed by atoms with Gasteiger partial charge in [-0.2, -0.15) is 0 Å². The Morgan fingerprint density at radius 3 is 2.24 bits per heavy atom. The van der Waals surface area contributed by atoms with Crippen LogP contribution >= 0.6 is 0 Å². The molecule has 4 amide bonds. The highest BCUT2D eigenvalue weighted by atomic mass is 16.6. The van der Waals surface area contributed by atoms with Gasteiger partial charge in [-0.1, -0.05) is 54.6 Å². The topological polar surface area (TPSA) is 151 Å². The van der Waals surface area contributed by atoms with Crippen LogP contribution in [0, 0.1) is 6.92 Å². The lowest BCUT2D eigenvalue weighted by Crippen LogP contribution is -2.54. The summed E-state index contributed by atoms with van der Waals surface area (Å²) in [6, 6.07) is 14.1. The minimum absolute atomic E-state index is 0.110. The van der Waals surface area contributed by atoms with Crippen LogP contribution < -0.4 is 16.4 Å². The lowest BCUT2D eigenvalue weighted by molar-refractivity contribution is -0.143. The number of aryl methyl sites for hydroxylation is 1. The average Bonchev–Trinajstić information content (AvgIpc) is 2.85. The predicted molar refractivity (Wildman–Crippen MR) is 143 cm³/mol. The number of alkyl carbamates (subject to hydrolysis) is 1. The molecule has 2 atom stereocenters. The third-order valence-electron chi connectivity index (χ3n) is 5.65. The molecule has 0 heterocycles. The zero-order valence-electron chi connectivity index (χ0n) is 22.4. The standard InChI is InChI=1S/C28H38N4O6/c1-19-10-8-9-13-21(19)24(25(35)30-18-20-11-6-5-7-12-20)32(16-17-33)26(36)22(14-15-23(29)34)31-27(37)38-28(2,3)4/h5-13,22,24,33H,14-18H2,1-4H3,(H2,29,34)(H,30,35)(H,31,37). The predicted octanol–water partition coefficient (Wildman–Crippen LogP) is 2.33. The number of hydrogen-bond donors (Lipinski definition) is 4. The van der Waals surface area contributed by atoms with Crippen LogP contribution in [0.25, 0.3) is 0 Å². The molecule has 10 nitrogen and oxygen atoms in total. The highest BCUT2D eigenvalue weighted by molar-refractivity contribution is 5.92. The van der Waals surface area contributed by atoms with Gasteiger partial charge in [0.1, 0.15) is 17.7 Å². The first kappa shape index (κ1) is 30.3. The maximum atomic E-state index is 13.9. The van der Waals surface area contributed by atoms with Gasteiger partial charge in [0.2, 0.25) is 17.7 Å². The van der Waals surface area contributed by atoms with Crippen molar-refractivity contribution in [3.8, 4) is 0 Å². The molecule has 0 saturated carbocycles. The number of nitrogens with zero attached hydrogens (tertiary/aromatic N) is 1. The van der Waals surface area contributed by atoms with E-state index in [0.717, 1.165) is 11.1 Å². The smallest absolute Gasteiger partial charge is 0.408 e. The number of ether oxygens (including phenoxy) is 1. The number of rotatable bonds is 12. The largest absolute Gasteiger partial charge is 0.444 e.